The summed E-state index contributed by atoms with van der Waals surface area (Å²) >= 11 is 3.45. The van der Waals surface area contributed by atoms with Crippen molar-refractivity contribution in [2.75, 3.05) is 11.9 Å². The van der Waals surface area contributed by atoms with Gasteiger partial charge in [-0.2, -0.15) is 0 Å². The summed E-state index contributed by atoms with van der Waals surface area (Å²) in [6.45, 7) is 2.93. The molecule has 1 unspecified atom stereocenters. The van der Waals surface area contributed by atoms with Crippen molar-refractivity contribution >= 4 is 21.6 Å². The topological polar surface area (TPSA) is 38.0 Å². The van der Waals surface area contributed by atoms with E-state index >= 15 is 0 Å². The maximum absolute atomic E-state index is 5.97. The molecule has 1 aliphatic rings. The first kappa shape index (κ1) is 11.9. The van der Waals surface area contributed by atoms with E-state index in [0.717, 1.165) is 16.8 Å². The van der Waals surface area contributed by atoms with Crippen LogP contribution in [-0.2, 0) is 0 Å². The summed E-state index contributed by atoms with van der Waals surface area (Å²) in [6.07, 6.45) is 3.72. The van der Waals surface area contributed by atoms with Crippen LogP contribution in [-0.4, -0.2) is 12.1 Å². The van der Waals surface area contributed by atoms with Crippen LogP contribution in [0.5, 0.6) is 0 Å². The number of halogens is 1. The molecule has 0 heterocycles. The van der Waals surface area contributed by atoms with E-state index in [9.17, 15) is 0 Å². The quantitative estimate of drug-likeness (QED) is 0.869. The van der Waals surface area contributed by atoms with Crippen LogP contribution in [0.15, 0.2) is 28.7 Å². The Labute approximate surface area is 106 Å². The van der Waals surface area contributed by atoms with Crippen molar-refractivity contribution in [3.8, 4) is 0 Å². The van der Waals surface area contributed by atoms with Crippen LogP contribution in [0, 0.1) is 5.92 Å². The molecule has 1 atom stereocenters. The minimum atomic E-state index is 0.105. The second-order valence-electron chi connectivity index (χ2n) is 4.62. The normalized spacial score (nSPS) is 19.2. The zero-order valence-corrected chi connectivity index (χ0v) is 11.3. The lowest BCUT2D eigenvalue weighted by atomic mass is 9.89. The first-order valence-corrected chi connectivity index (χ1v) is 6.73. The van der Waals surface area contributed by atoms with E-state index in [-0.39, 0.29) is 5.54 Å². The van der Waals surface area contributed by atoms with E-state index in [2.05, 4.69) is 52.4 Å². The molecule has 0 bridgehead atoms. The fraction of sp³-hybridized carbons (Fsp3) is 0.538. The molecular formula is C13H19BrN2. The minimum Gasteiger partial charge on any atom is -0.378 e. The van der Waals surface area contributed by atoms with E-state index in [0.29, 0.717) is 6.54 Å². The molecular weight excluding hydrogens is 264 g/mol. The molecule has 2 rings (SSSR count). The predicted molar refractivity (Wildman–Crippen MR) is 72.6 cm³/mol. The minimum absolute atomic E-state index is 0.105. The number of nitrogens with two attached hydrogens (primary N) is 1. The fourth-order valence-electron chi connectivity index (χ4n) is 2.30. The van der Waals surface area contributed by atoms with Gasteiger partial charge in [0.25, 0.3) is 0 Å². The van der Waals surface area contributed by atoms with Gasteiger partial charge in [-0.1, -0.05) is 22.9 Å². The summed E-state index contributed by atoms with van der Waals surface area (Å²) < 4.78 is 1.11. The van der Waals surface area contributed by atoms with Crippen molar-refractivity contribution in [1.82, 2.24) is 0 Å². The third-order valence-corrected chi connectivity index (χ3v) is 4.12. The number of anilines is 1. The molecule has 1 aliphatic carbocycles. The average molecular weight is 283 g/mol. The molecule has 88 valence electrons. The van der Waals surface area contributed by atoms with Crippen molar-refractivity contribution in [2.45, 2.75) is 31.7 Å². The smallest absolute Gasteiger partial charge is 0.0521 e. The average Bonchev–Trinajstić information content (AvgIpc) is 3.13. The summed E-state index contributed by atoms with van der Waals surface area (Å²) in [6, 6.07) is 8.33. The first-order valence-electron chi connectivity index (χ1n) is 5.94. The van der Waals surface area contributed by atoms with Gasteiger partial charge in [-0.15, -0.1) is 0 Å². The Kier molecular flexibility index (Phi) is 3.55. The van der Waals surface area contributed by atoms with Gasteiger partial charge >= 0.3 is 0 Å². The Morgan fingerprint density at radius 3 is 2.44 bits per heavy atom. The maximum atomic E-state index is 5.97. The lowest BCUT2D eigenvalue weighted by Crippen LogP contribution is -2.47. The van der Waals surface area contributed by atoms with E-state index in [1.54, 1.807) is 0 Å². The van der Waals surface area contributed by atoms with E-state index in [4.69, 9.17) is 5.73 Å². The number of benzene rings is 1. The fourth-order valence-corrected chi connectivity index (χ4v) is 2.56. The van der Waals surface area contributed by atoms with Gasteiger partial charge in [-0.05, 0) is 49.4 Å². The Morgan fingerprint density at radius 2 is 2.00 bits per heavy atom. The largest absolute Gasteiger partial charge is 0.378 e. The molecule has 0 saturated heterocycles. The molecule has 1 aromatic rings. The third-order valence-electron chi connectivity index (χ3n) is 3.59. The molecule has 0 spiro atoms. The highest BCUT2D eigenvalue weighted by atomic mass is 79.9. The highest BCUT2D eigenvalue weighted by Crippen LogP contribution is 2.42. The Balaban J connectivity index is 2.13. The molecule has 2 nitrogen and oxygen atoms in total. The summed E-state index contributed by atoms with van der Waals surface area (Å²) in [4.78, 5) is 0. The number of hydrogen-bond donors (Lipinski definition) is 2. The molecule has 0 amide bonds. The van der Waals surface area contributed by atoms with Crippen LogP contribution in [0.3, 0.4) is 0 Å². The van der Waals surface area contributed by atoms with Crippen molar-refractivity contribution in [3.05, 3.63) is 28.7 Å². The van der Waals surface area contributed by atoms with Gasteiger partial charge in [0.15, 0.2) is 0 Å². The van der Waals surface area contributed by atoms with Crippen LogP contribution >= 0.6 is 15.9 Å². The van der Waals surface area contributed by atoms with Gasteiger partial charge in [0.1, 0.15) is 0 Å². The standard InChI is InChI=1S/C13H19BrN2/c1-2-13(9-15,10-3-4-10)16-12-7-5-11(14)6-8-12/h5-8,10,16H,2-4,9,15H2,1H3. The first-order chi connectivity index (χ1) is 7.70. The van der Waals surface area contributed by atoms with E-state index < -0.39 is 0 Å². The molecule has 0 aliphatic heterocycles. The van der Waals surface area contributed by atoms with Crippen molar-refractivity contribution in [2.24, 2.45) is 11.7 Å². The van der Waals surface area contributed by atoms with Gasteiger partial charge in [0, 0.05) is 16.7 Å². The second-order valence-corrected chi connectivity index (χ2v) is 5.54. The summed E-state index contributed by atoms with van der Waals surface area (Å²) in [7, 11) is 0. The highest BCUT2D eigenvalue weighted by Gasteiger charge is 2.42. The SMILES string of the molecule is CCC(CN)(Nc1ccc(Br)cc1)C1CC1. The number of rotatable bonds is 5. The Morgan fingerprint density at radius 1 is 1.38 bits per heavy atom. The second kappa shape index (κ2) is 4.76. The molecule has 16 heavy (non-hydrogen) atoms. The predicted octanol–water partition coefficient (Wildman–Crippen LogP) is 3.38. The van der Waals surface area contributed by atoms with Gasteiger partial charge < -0.3 is 11.1 Å². The molecule has 3 N–H and O–H groups in total. The molecule has 1 aromatic carbocycles. The Hall–Kier alpha value is -0.540. The van der Waals surface area contributed by atoms with Crippen molar-refractivity contribution < 1.29 is 0 Å². The third kappa shape index (κ3) is 2.41. The van der Waals surface area contributed by atoms with Crippen molar-refractivity contribution in [1.29, 1.82) is 0 Å². The van der Waals surface area contributed by atoms with Crippen LogP contribution in [0.4, 0.5) is 5.69 Å². The van der Waals surface area contributed by atoms with Crippen LogP contribution in [0.2, 0.25) is 0 Å². The van der Waals surface area contributed by atoms with Crippen LogP contribution < -0.4 is 11.1 Å². The Bertz CT molecular complexity index is 339. The zero-order chi connectivity index (χ0) is 11.6. The van der Waals surface area contributed by atoms with Crippen molar-refractivity contribution in [3.63, 3.8) is 0 Å². The molecule has 1 saturated carbocycles. The maximum Gasteiger partial charge on any atom is 0.0521 e. The summed E-state index contributed by atoms with van der Waals surface area (Å²) in [5, 5.41) is 3.64. The molecule has 0 aromatic heterocycles. The van der Waals surface area contributed by atoms with Gasteiger partial charge in [-0.25, -0.2) is 0 Å². The van der Waals surface area contributed by atoms with Gasteiger partial charge in [0.05, 0.1) is 5.54 Å². The van der Waals surface area contributed by atoms with Gasteiger partial charge in [-0.3, -0.25) is 0 Å². The monoisotopic (exact) mass is 282 g/mol. The molecule has 3 heteroatoms. The number of hydrogen-bond acceptors (Lipinski definition) is 2. The van der Waals surface area contributed by atoms with E-state index in [1.165, 1.54) is 18.5 Å². The van der Waals surface area contributed by atoms with Gasteiger partial charge in [0.2, 0.25) is 0 Å². The van der Waals surface area contributed by atoms with Crippen LogP contribution in [0.1, 0.15) is 26.2 Å². The zero-order valence-electron chi connectivity index (χ0n) is 9.67. The molecule has 1 fully saturated rings. The van der Waals surface area contributed by atoms with E-state index in [1.807, 2.05) is 0 Å². The lowest BCUT2D eigenvalue weighted by Gasteiger charge is -2.34. The lowest BCUT2D eigenvalue weighted by molar-refractivity contribution is 0.404. The summed E-state index contributed by atoms with van der Waals surface area (Å²) in [5.41, 5.74) is 7.24. The highest BCUT2D eigenvalue weighted by molar-refractivity contribution is 9.10. The number of nitrogens with one attached hydrogen (secondary N) is 1. The molecule has 0 radical (unpaired) electrons. The van der Waals surface area contributed by atoms with Crippen LogP contribution in [0.25, 0.3) is 0 Å². The summed E-state index contributed by atoms with van der Waals surface area (Å²) in [5.74, 6) is 0.756.